The molecule has 1 heterocycles. The number of nitrogens with one attached hydrogen (secondary N) is 2. The van der Waals surface area contributed by atoms with Crippen molar-refractivity contribution in [1.29, 1.82) is 0 Å². The van der Waals surface area contributed by atoms with Gasteiger partial charge in [-0.15, -0.1) is 0 Å². The third kappa shape index (κ3) is 3.68. The predicted molar refractivity (Wildman–Crippen MR) is 84.3 cm³/mol. The van der Waals surface area contributed by atoms with Gasteiger partial charge >= 0.3 is 0 Å². The number of hydrogen-bond acceptors (Lipinski definition) is 3. The molecule has 0 aliphatic heterocycles. The maximum Gasteiger partial charge on any atom is 0.251 e. The lowest BCUT2D eigenvalue weighted by atomic mass is 10.0. The first-order chi connectivity index (χ1) is 9.72. The van der Waals surface area contributed by atoms with Gasteiger partial charge in [0.15, 0.2) is 0 Å². The van der Waals surface area contributed by atoms with Crippen LogP contribution in [0.25, 0.3) is 0 Å². The van der Waals surface area contributed by atoms with Gasteiger partial charge in [0.05, 0.1) is 0 Å². The summed E-state index contributed by atoms with van der Waals surface area (Å²) >= 11 is 1.67. The smallest absolute Gasteiger partial charge is 0.251 e. The van der Waals surface area contributed by atoms with Crippen molar-refractivity contribution >= 4 is 17.2 Å². The Kier molecular flexibility index (Phi) is 5.32. The number of carbonyl (C=O) groups excluding carboxylic acids is 1. The second kappa shape index (κ2) is 7.22. The van der Waals surface area contributed by atoms with Crippen LogP contribution in [0.4, 0.5) is 0 Å². The molecule has 0 saturated heterocycles. The maximum absolute atomic E-state index is 12.3. The van der Waals surface area contributed by atoms with Gasteiger partial charge in [0.2, 0.25) is 0 Å². The van der Waals surface area contributed by atoms with Gasteiger partial charge in [0.1, 0.15) is 0 Å². The lowest BCUT2D eigenvalue weighted by Gasteiger charge is -2.10. The Morgan fingerprint density at radius 1 is 1.20 bits per heavy atom. The molecule has 0 saturated carbocycles. The van der Waals surface area contributed by atoms with Crippen molar-refractivity contribution in [3.63, 3.8) is 0 Å². The topological polar surface area (TPSA) is 41.1 Å². The van der Waals surface area contributed by atoms with Crippen LogP contribution in [0.3, 0.4) is 0 Å². The molecule has 0 radical (unpaired) electrons. The molecule has 0 bridgehead atoms. The van der Waals surface area contributed by atoms with Crippen molar-refractivity contribution in [3.8, 4) is 0 Å². The summed E-state index contributed by atoms with van der Waals surface area (Å²) in [5, 5.41) is 10.3. The number of amides is 1. The summed E-state index contributed by atoms with van der Waals surface area (Å²) in [5.41, 5.74) is 4.28. The highest BCUT2D eigenvalue weighted by atomic mass is 32.1. The van der Waals surface area contributed by atoms with E-state index in [4.69, 9.17) is 0 Å². The van der Waals surface area contributed by atoms with Crippen LogP contribution in [0.15, 0.2) is 35.0 Å². The molecule has 1 aromatic heterocycles. The molecule has 0 fully saturated rings. The molecule has 2 aromatic rings. The fourth-order valence-corrected chi connectivity index (χ4v) is 2.92. The molecule has 2 rings (SSSR count). The number of hydrogen-bond donors (Lipinski definition) is 2. The maximum atomic E-state index is 12.3. The summed E-state index contributed by atoms with van der Waals surface area (Å²) in [5.74, 6) is 0.00213. The zero-order chi connectivity index (χ0) is 14.4. The lowest BCUT2D eigenvalue weighted by molar-refractivity contribution is 0.0950. The summed E-state index contributed by atoms with van der Waals surface area (Å²) in [6, 6.07) is 7.79. The number of rotatable bonds is 6. The SMILES string of the molecule is CNCCc1ccccc1C(=O)NCc1cscc1C. The van der Waals surface area contributed by atoms with E-state index in [9.17, 15) is 4.79 Å². The average molecular weight is 288 g/mol. The first-order valence-electron chi connectivity index (χ1n) is 6.74. The second-order valence-electron chi connectivity index (χ2n) is 4.77. The van der Waals surface area contributed by atoms with Gasteiger partial charge in [-0.1, -0.05) is 18.2 Å². The molecule has 0 spiro atoms. The summed E-state index contributed by atoms with van der Waals surface area (Å²) in [6.45, 7) is 3.53. The minimum atomic E-state index is 0.00213. The number of likely N-dealkylation sites (N-methyl/N-ethyl adjacent to an activating group) is 1. The second-order valence-corrected chi connectivity index (χ2v) is 5.52. The highest BCUT2D eigenvalue weighted by Crippen LogP contribution is 2.14. The van der Waals surface area contributed by atoms with Gasteiger partial charge in [-0.3, -0.25) is 4.79 Å². The molecular weight excluding hydrogens is 268 g/mol. The first kappa shape index (κ1) is 14.8. The van der Waals surface area contributed by atoms with Gasteiger partial charge in [-0.2, -0.15) is 11.3 Å². The van der Waals surface area contributed by atoms with Crippen LogP contribution in [-0.2, 0) is 13.0 Å². The fraction of sp³-hybridized carbons (Fsp3) is 0.312. The third-order valence-electron chi connectivity index (χ3n) is 3.31. The standard InChI is InChI=1S/C16H20N2OS/c1-12-10-20-11-14(12)9-18-16(19)15-6-4-3-5-13(15)7-8-17-2/h3-6,10-11,17H,7-9H2,1-2H3,(H,18,19). The largest absolute Gasteiger partial charge is 0.348 e. The van der Waals surface area contributed by atoms with Gasteiger partial charge in [0, 0.05) is 12.1 Å². The number of carbonyl (C=O) groups is 1. The van der Waals surface area contributed by atoms with Crippen molar-refractivity contribution in [2.24, 2.45) is 0 Å². The molecule has 1 amide bonds. The molecule has 3 nitrogen and oxygen atoms in total. The molecule has 0 unspecified atom stereocenters. The predicted octanol–water partition coefficient (Wildman–Crippen LogP) is 2.75. The fourth-order valence-electron chi connectivity index (χ4n) is 2.06. The Bertz CT molecular complexity index is 577. The molecule has 0 atom stereocenters. The van der Waals surface area contributed by atoms with Crippen LogP contribution < -0.4 is 10.6 Å². The molecule has 1 aromatic carbocycles. The van der Waals surface area contributed by atoms with Crippen LogP contribution in [0, 0.1) is 6.92 Å². The molecule has 106 valence electrons. The van der Waals surface area contributed by atoms with Crippen LogP contribution >= 0.6 is 11.3 Å². The molecule has 2 N–H and O–H groups in total. The van der Waals surface area contributed by atoms with Gasteiger partial charge in [0.25, 0.3) is 5.91 Å². The van der Waals surface area contributed by atoms with Crippen molar-refractivity contribution < 1.29 is 4.79 Å². The van der Waals surface area contributed by atoms with Crippen LogP contribution in [0.1, 0.15) is 27.0 Å². The van der Waals surface area contributed by atoms with Gasteiger partial charge in [-0.05, 0) is 60.5 Å². The van der Waals surface area contributed by atoms with Crippen molar-refractivity contribution in [3.05, 3.63) is 57.3 Å². The third-order valence-corrected chi connectivity index (χ3v) is 4.22. The van der Waals surface area contributed by atoms with Crippen molar-refractivity contribution in [2.45, 2.75) is 19.9 Å². The first-order valence-corrected chi connectivity index (χ1v) is 7.69. The van der Waals surface area contributed by atoms with E-state index in [2.05, 4.69) is 28.3 Å². The Labute approximate surface area is 124 Å². The Morgan fingerprint density at radius 2 is 2.00 bits per heavy atom. The van der Waals surface area contributed by atoms with E-state index in [1.54, 1.807) is 11.3 Å². The minimum Gasteiger partial charge on any atom is -0.348 e. The summed E-state index contributed by atoms with van der Waals surface area (Å²) < 4.78 is 0. The van der Waals surface area contributed by atoms with Crippen molar-refractivity contribution in [2.75, 3.05) is 13.6 Å². The molecular formula is C16H20N2OS. The lowest BCUT2D eigenvalue weighted by Crippen LogP contribution is -2.24. The van der Waals surface area contributed by atoms with E-state index in [1.165, 1.54) is 11.1 Å². The Balaban J connectivity index is 2.03. The van der Waals surface area contributed by atoms with E-state index in [1.807, 2.05) is 31.3 Å². The summed E-state index contributed by atoms with van der Waals surface area (Å²) in [6.07, 6.45) is 0.859. The minimum absolute atomic E-state index is 0.00213. The van der Waals surface area contributed by atoms with Crippen molar-refractivity contribution in [1.82, 2.24) is 10.6 Å². The zero-order valence-electron chi connectivity index (χ0n) is 11.9. The van der Waals surface area contributed by atoms with Crippen LogP contribution in [-0.4, -0.2) is 19.5 Å². The van der Waals surface area contributed by atoms with Crippen LogP contribution in [0.2, 0.25) is 0 Å². The average Bonchev–Trinajstić information content (AvgIpc) is 2.88. The molecule has 0 aliphatic carbocycles. The number of aryl methyl sites for hydroxylation is 1. The highest BCUT2D eigenvalue weighted by Gasteiger charge is 2.10. The Morgan fingerprint density at radius 3 is 2.70 bits per heavy atom. The summed E-state index contributed by atoms with van der Waals surface area (Å²) in [7, 11) is 1.92. The van der Waals surface area contributed by atoms with Gasteiger partial charge in [-0.25, -0.2) is 0 Å². The quantitative estimate of drug-likeness (QED) is 0.858. The number of thiophene rings is 1. The van der Waals surface area contributed by atoms with E-state index >= 15 is 0 Å². The van der Waals surface area contributed by atoms with Gasteiger partial charge < -0.3 is 10.6 Å². The Hall–Kier alpha value is -1.65. The highest BCUT2D eigenvalue weighted by molar-refractivity contribution is 7.08. The molecule has 20 heavy (non-hydrogen) atoms. The normalized spacial score (nSPS) is 10.5. The van der Waals surface area contributed by atoms with Crippen LogP contribution in [0.5, 0.6) is 0 Å². The molecule has 0 aliphatic rings. The summed E-state index contributed by atoms with van der Waals surface area (Å²) in [4.78, 5) is 12.3. The van der Waals surface area contributed by atoms with E-state index in [0.717, 1.165) is 24.1 Å². The zero-order valence-corrected chi connectivity index (χ0v) is 12.7. The van der Waals surface area contributed by atoms with E-state index in [-0.39, 0.29) is 5.91 Å². The monoisotopic (exact) mass is 288 g/mol. The number of benzene rings is 1. The molecule has 4 heteroatoms. The van der Waals surface area contributed by atoms with E-state index in [0.29, 0.717) is 6.54 Å². The van der Waals surface area contributed by atoms with E-state index < -0.39 is 0 Å².